The second kappa shape index (κ2) is 7.86. The number of aryl methyl sites for hydroxylation is 1. The van der Waals surface area contributed by atoms with Crippen molar-refractivity contribution in [1.82, 2.24) is 14.5 Å². The summed E-state index contributed by atoms with van der Waals surface area (Å²) < 4.78 is 79.3. The molecule has 0 aliphatic rings. The molecule has 0 saturated carbocycles. The standard InChI is InChI=1S/C20H18F6N4O/c1-10-13(5-4-6-15(10)20(24,25)26)8-27-18-14-9-30(11(2)19(21,22)23)17(31)7-16(14)28-12(3)29-18/h4-7,9,11H,8H2,1-3H3,(H,27,28,29). The number of anilines is 1. The number of pyridine rings is 1. The number of alkyl halides is 6. The fourth-order valence-corrected chi connectivity index (χ4v) is 3.19. The summed E-state index contributed by atoms with van der Waals surface area (Å²) in [5, 5.41) is 3.02. The van der Waals surface area contributed by atoms with Gasteiger partial charge in [0.05, 0.1) is 16.5 Å². The molecule has 0 radical (unpaired) electrons. The predicted molar refractivity (Wildman–Crippen MR) is 103 cm³/mol. The highest BCUT2D eigenvalue weighted by molar-refractivity contribution is 5.88. The molecule has 166 valence electrons. The van der Waals surface area contributed by atoms with Gasteiger partial charge in [0.2, 0.25) is 0 Å². The molecule has 2 aromatic heterocycles. The first-order valence-electron chi connectivity index (χ1n) is 9.16. The average molecular weight is 444 g/mol. The van der Waals surface area contributed by atoms with Crippen LogP contribution in [0.5, 0.6) is 0 Å². The molecule has 1 N–H and O–H groups in total. The van der Waals surface area contributed by atoms with Crippen molar-refractivity contribution in [2.75, 3.05) is 5.32 Å². The summed E-state index contributed by atoms with van der Waals surface area (Å²) in [5.41, 5.74) is -1.15. The Morgan fingerprint density at radius 2 is 1.77 bits per heavy atom. The van der Waals surface area contributed by atoms with Crippen LogP contribution < -0.4 is 10.9 Å². The lowest BCUT2D eigenvalue weighted by Gasteiger charge is -2.19. The average Bonchev–Trinajstić information content (AvgIpc) is 2.64. The summed E-state index contributed by atoms with van der Waals surface area (Å²) in [4.78, 5) is 20.4. The van der Waals surface area contributed by atoms with E-state index >= 15 is 0 Å². The SMILES string of the molecule is Cc1nc(NCc2cccc(C(F)(F)F)c2C)c2cn(C(C)C(F)(F)F)c(=O)cc2n1. The number of rotatable bonds is 4. The van der Waals surface area contributed by atoms with E-state index < -0.39 is 29.5 Å². The zero-order valence-corrected chi connectivity index (χ0v) is 16.7. The van der Waals surface area contributed by atoms with Crippen LogP contribution in [0.15, 0.2) is 35.3 Å². The number of halogens is 6. The molecule has 3 aromatic rings. The van der Waals surface area contributed by atoms with Crippen LogP contribution >= 0.6 is 0 Å². The van der Waals surface area contributed by atoms with Gasteiger partial charge in [-0.3, -0.25) is 4.79 Å². The Morgan fingerprint density at radius 3 is 2.39 bits per heavy atom. The van der Waals surface area contributed by atoms with Gasteiger partial charge in [0.1, 0.15) is 17.7 Å². The van der Waals surface area contributed by atoms with Gasteiger partial charge in [-0.1, -0.05) is 12.1 Å². The minimum absolute atomic E-state index is 0.0279. The van der Waals surface area contributed by atoms with E-state index in [1.807, 2.05) is 0 Å². The third-order valence-corrected chi connectivity index (χ3v) is 4.96. The van der Waals surface area contributed by atoms with Crippen molar-refractivity contribution in [1.29, 1.82) is 0 Å². The van der Waals surface area contributed by atoms with Crippen molar-refractivity contribution in [3.63, 3.8) is 0 Å². The van der Waals surface area contributed by atoms with E-state index in [0.29, 0.717) is 10.1 Å². The molecule has 0 aliphatic carbocycles. The van der Waals surface area contributed by atoms with Crippen molar-refractivity contribution in [2.45, 2.75) is 45.7 Å². The molecule has 31 heavy (non-hydrogen) atoms. The molecule has 0 saturated heterocycles. The zero-order valence-electron chi connectivity index (χ0n) is 16.7. The molecular formula is C20H18F6N4O. The van der Waals surface area contributed by atoms with E-state index in [0.717, 1.165) is 25.3 Å². The lowest BCUT2D eigenvalue weighted by atomic mass is 10.0. The second-order valence-corrected chi connectivity index (χ2v) is 7.10. The minimum Gasteiger partial charge on any atom is -0.365 e. The molecule has 5 nitrogen and oxygen atoms in total. The quantitative estimate of drug-likeness (QED) is 0.565. The molecule has 1 aromatic carbocycles. The highest BCUT2D eigenvalue weighted by Gasteiger charge is 2.38. The maximum Gasteiger partial charge on any atom is 0.416 e. The minimum atomic E-state index is -4.65. The summed E-state index contributed by atoms with van der Waals surface area (Å²) in [5.74, 6) is 0.360. The van der Waals surface area contributed by atoms with Crippen molar-refractivity contribution >= 4 is 16.7 Å². The molecule has 2 heterocycles. The first kappa shape index (κ1) is 22.6. The number of hydrogen-bond donors (Lipinski definition) is 1. The Bertz CT molecular complexity index is 1180. The molecule has 0 bridgehead atoms. The maximum atomic E-state index is 13.1. The molecule has 0 fully saturated rings. The smallest absolute Gasteiger partial charge is 0.365 e. The van der Waals surface area contributed by atoms with E-state index in [1.165, 1.54) is 26.0 Å². The fraction of sp³-hybridized carbons (Fsp3) is 0.350. The van der Waals surface area contributed by atoms with Crippen molar-refractivity contribution in [3.8, 4) is 0 Å². The number of nitrogens with zero attached hydrogens (tertiary/aromatic N) is 3. The Hall–Kier alpha value is -3.11. The second-order valence-electron chi connectivity index (χ2n) is 7.10. The molecular weight excluding hydrogens is 426 g/mol. The van der Waals surface area contributed by atoms with Crippen LogP contribution in [0.4, 0.5) is 32.2 Å². The highest BCUT2D eigenvalue weighted by Crippen LogP contribution is 2.33. The predicted octanol–water partition coefficient (Wildman–Crippen LogP) is 5.16. The zero-order chi connectivity index (χ0) is 23.1. The van der Waals surface area contributed by atoms with E-state index in [1.54, 1.807) is 0 Å². The number of benzene rings is 1. The van der Waals surface area contributed by atoms with Gasteiger partial charge in [-0.15, -0.1) is 0 Å². The Balaban J connectivity index is 2.04. The molecule has 1 unspecified atom stereocenters. The number of fused-ring (bicyclic) bond motifs is 1. The summed E-state index contributed by atoms with van der Waals surface area (Å²) in [7, 11) is 0. The first-order valence-corrected chi connectivity index (χ1v) is 9.16. The lowest BCUT2D eigenvalue weighted by molar-refractivity contribution is -0.163. The maximum absolute atomic E-state index is 13.1. The normalized spacial score (nSPS) is 13.5. The molecule has 1 atom stereocenters. The van der Waals surface area contributed by atoms with E-state index in [9.17, 15) is 31.1 Å². The highest BCUT2D eigenvalue weighted by atomic mass is 19.4. The van der Waals surface area contributed by atoms with Gasteiger partial charge in [0, 0.05) is 18.8 Å². The third-order valence-electron chi connectivity index (χ3n) is 4.96. The number of aromatic nitrogens is 3. The summed E-state index contributed by atoms with van der Waals surface area (Å²) in [6, 6.07) is 2.66. The number of hydrogen-bond acceptors (Lipinski definition) is 4. The summed E-state index contributed by atoms with van der Waals surface area (Å²) >= 11 is 0. The largest absolute Gasteiger partial charge is 0.416 e. The van der Waals surface area contributed by atoms with Crippen molar-refractivity contribution < 1.29 is 26.3 Å². The Kier molecular flexibility index (Phi) is 5.72. The van der Waals surface area contributed by atoms with Crippen LogP contribution in [0.2, 0.25) is 0 Å². The van der Waals surface area contributed by atoms with Gasteiger partial charge in [-0.05, 0) is 38.0 Å². The van der Waals surface area contributed by atoms with E-state index in [2.05, 4.69) is 15.3 Å². The van der Waals surface area contributed by atoms with Crippen LogP contribution in [0, 0.1) is 13.8 Å². The lowest BCUT2D eigenvalue weighted by Crippen LogP contribution is -2.31. The van der Waals surface area contributed by atoms with E-state index in [4.69, 9.17) is 0 Å². The van der Waals surface area contributed by atoms with Crippen LogP contribution in [-0.4, -0.2) is 20.7 Å². The van der Waals surface area contributed by atoms with Crippen molar-refractivity contribution in [3.05, 3.63) is 63.3 Å². The topological polar surface area (TPSA) is 59.8 Å². The van der Waals surface area contributed by atoms with Crippen LogP contribution in [0.1, 0.15) is 35.5 Å². The molecule has 0 aliphatic heterocycles. The molecule has 3 rings (SSSR count). The summed E-state index contributed by atoms with van der Waals surface area (Å²) in [6.07, 6.45) is -8.15. The molecule has 0 spiro atoms. The molecule has 11 heteroatoms. The van der Waals surface area contributed by atoms with Crippen LogP contribution in [0.25, 0.3) is 10.9 Å². The summed E-state index contributed by atoms with van der Waals surface area (Å²) in [6.45, 7) is 3.66. The van der Waals surface area contributed by atoms with E-state index in [-0.39, 0.29) is 34.7 Å². The monoisotopic (exact) mass is 444 g/mol. The number of nitrogens with one attached hydrogen (secondary N) is 1. The van der Waals surface area contributed by atoms with Gasteiger partial charge < -0.3 is 9.88 Å². The Morgan fingerprint density at radius 1 is 1.10 bits per heavy atom. The van der Waals surface area contributed by atoms with Gasteiger partial charge in [-0.2, -0.15) is 26.3 Å². The van der Waals surface area contributed by atoms with Gasteiger partial charge in [0.15, 0.2) is 0 Å². The van der Waals surface area contributed by atoms with Gasteiger partial charge in [0.25, 0.3) is 5.56 Å². The van der Waals surface area contributed by atoms with Crippen LogP contribution in [-0.2, 0) is 12.7 Å². The van der Waals surface area contributed by atoms with Gasteiger partial charge in [-0.25, -0.2) is 9.97 Å². The Labute approximate surface area is 172 Å². The molecule has 0 amide bonds. The van der Waals surface area contributed by atoms with Crippen molar-refractivity contribution in [2.24, 2.45) is 0 Å². The third kappa shape index (κ3) is 4.64. The fourth-order valence-electron chi connectivity index (χ4n) is 3.19. The first-order chi connectivity index (χ1) is 14.3. The van der Waals surface area contributed by atoms with Crippen LogP contribution in [0.3, 0.4) is 0 Å². The van der Waals surface area contributed by atoms with Gasteiger partial charge >= 0.3 is 12.4 Å².